The van der Waals surface area contributed by atoms with Crippen LogP contribution in [0.1, 0.15) is 70.5 Å². The Morgan fingerprint density at radius 2 is 1.96 bits per heavy atom. The van der Waals surface area contributed by atoms with Crippen LogP contribution in [-0.4, -0.2) is 28.6 Å². The van der Waals surface area contributed by atoms with Gasteiger partial charge in [0.15, 0.2) is 5.82 Å². The molecular weight excluding hydrogens is 312 g/mol. The quantitative estimate of drug-likeness (QED) is 0.579. The molecule has 1 aromatic rings. The largest absolute Gasteiger partial charge is 0.343 e. The van der Waals surface area contributed by atoms with Crippen molar-refractivity contribution in [2.45, 2.75) is 70.8 Å². The second kappa shape index (κ2) is 8.77. The third-order valence-corrected chi connectivity index (χ3v) is 4.16. The van der Waals surface area contributed by atoms with Crippen molar-refractivity contribution in [3.05, 3.63) is 11.7 Å². The molecular formula is C16H26N4O4. The zero-order valence-electron chi connectivity index (χ0n) is 14.4. The standard InChI is InChI=1S/C16H26N4O4/c1-3-23-19-13(22)8-9-14-17-15(20-24-14)16(18-12(2)21)10-6-4-5-7-11-16/h3-11H2,1-2H3,(H,18,21)(H,19,22). The summed E-state index contributed by atoms with van der Waals surface area (Å²) in [5, 5.41) is 7.12. The number of nitrogens with zero attached hydrogens (tertiary/aromatic N) is 2. The van der Waals surface area contributed by atoms with Crippen LogP contribution in [0.3, 0.4) is 0 Å². The zero-order chi connectivity index (χ0) is 17.4. The number of aromatic nitrogens is 2. The number of rotatable bonds is 7. The summed E-state index contributed by atoms with van der Waals surface area (Å²) in [7, 11) is 0. The molecule has 0 radical (unpaired) electrons. The summed E-state index contributed by atoms with van der Waals surface area (Å²) in [4.78, 5) is 32.5. The van der Waals surface area contributed by atoms with Gasteiger partial charge in [0.2, 0.25) is 17.7 Å². The molecule has 1 aromatic heterocycles. The summed E-state index contributed by atoms with van der Waals surface area (Å²) < 4.78 is 5.29. The first kappa shape index (κ1) is 18.4. The van der Waals surface area contributed by atoms with E-state index in [1.54, 1.807) is 6.92 Å². The van der Waals surface area contributed by atoms with Gasteiger partial charge in [0.1, 0.15) is 5.54 Å². The Balaban J connectivity index is 2.04. The lowest BCUT2D eigenvalue weighted by Crippen LogP contribution is -2.45. The van der Waals surface area contributed by atoms with Crippen LogP contribution in [0.4, 0.5) is 0 Å². The summed E-state index contributed by atoms with van der Waals surface area (Å²) >= 11 is 0. The monoisotopic (exact) mass is 338 g/mol. The van der Waals surface area contributed by atoms with E-state index in [-0.39, 0.29) is 18.2 Å². The van der Waals surface area contributed by atoms with E-state index in [1.165, 1.54) is 6.92 Å². The average molecular weight is 338 g/mol. The van der Waals surface area contributed by atoms with Gasteiger partial charge in [0.25, 0.3) is 0 Å². The zero-order valence-corrected chi connectivity index (χ0v) is 14.4. The molecule has 134 valence electrons. The van der Waals surface area contributed by atoms with Gasteiger partial charge in [-0.3, -0.25) is 14.4 Å². The maximum atomic E-state index is 11.7. The van der Waals surface area contributed by atoms with E-state index < -0.39 is 5.54 Å². The lowest BCUT2D eigenvalue weighted by Gasteiger charge is -2.30. The summed E-state index contributed by atoms with van der Waals surface area (Å²) in [6.07, 6.45) is 6.46. The summed E-state index contributed by atoms with van der Waals surface area (Å²) in [5.41, 5.74) is 1.77. The first-order chi connectivity index (χ1) is 11.6. The van der Waals surface area contributed by atoms with Crippen molar-refractivity contribution in [2.75, 3.05) is 6.61 Å². The molecule has 0 bridgehead atoms. The van der Waals surface area contributed by atoms with Crippen molar-refractivity contribution in [1.82, 2.24) is 20.9 Å². The van der Waals surface area contributed by atoms with Gasteiger partial charge in [-0.2, -0.15) is 4.98 Å². The number of carbonyl (C=O) groups is 2. The van der Waals surface area contributed by atoms with Crippen LogP contribution in [0, 0.1) is 0 Å². The van der Waals surface area contributed by atoms with Crippen LogP contribution in [-0.2, 0) is 26.4 Å². The molecule has 0 saturated heterocycles. The predicted molar refractivity (Wildman–Crippen MR) is 85.6 cm³/mol. The minimum atomic E-state index is -0.558. The molecule has 1 aliphatic rings. The Morgan fingerprint density at radius 3 is 2.58 bits per heavy atom. The first-order valence-corrected chi connectivity index (χ1v) is 8.58. The highest BCUT2D eigenvalue weighted by Crippen LogP contribution is 2.34. The Morgan fingerprint density at radius 1 is 1.25 bits per heavy atom. The highest BCUT2D eigenvalue weighted by molar-refractivity contribution is 5.75. The van der Waals surface area contributed by atoms with Crippen molar-refractivity contribution in [1.29, 1.82) is 0 Å². The van der Waals surface area contributed by atoms with Gasteiger partial charge in [-0.25, -0.2) is 5.48 Å². The molecule has 24 heavy (non-hydrogen) atoms. The molecule has 2 N–H and O–H groups in total. The Labute approximate surface area is 141 Å². The van der Waals surface area contributed by atoms with Gasteiger partial charge in [0.05, 0.1) is 6.61 Å². The predicted octanol–water partition coefficient (Wildman–Crippen LogP) is 1.76. The van der Waals surface area contributed by atoms with E-state index in [0.29, 0.717) is 24.7 Å². The van der Waals surface area contributed by atoms with E-state index >= 15 is 0 Å². The van der Waals surface area contributed by atoms with Crippen LogP contribution in [0.5, 0.6) is 0 Å². The van der Waals surface area contributed by atoms with Crippen molar-refractivity contribution in [3.63, 3.8) is 0 Å². The maximum Gasteiger partial charge on any atom is 0.244 e. The van der Waals surface area contributed by atoms with E-state index in [1.807, 2.05) is 0 Å². The highest BCUT2D eigenvalue weighted by atomic mass is 16.6. The maximum absolute atomic E-state index is 11.7. The van der Waals surface area contributed by atoms with E-state index in [9.17, 15) is 9.59 Å². The van der Waals surface area contributed by atoms with Crippen molar-refractivity contribution in [2.24, 2.45) is 0 Å². The molecule has 2 amide bonds. The second-order valence-electron chi connectivity index (χ2n) is 6.15. The number of aryl methyl sites for hydroxylation is 1. The highest BCUT2D eigenvalue weighted by Gasteiger charge is 2.38. The molecule has 8 heteroatoms. The van der Waals surface area contributed by atoms with E-state index in [0.717, 1.165) is 38.5 Å². The topological polar surface area (TPSA) is 106 Å². The van der Waals surface area contributed by atoms with Crippen LogP contribution >= 0.6 is 0 Å². The smallest absolute Gasteiger partial charge is 0.244 e. The van der Waals surface area contributed by atoms with Gasteiger partial charge < -0.3 is 9.84 Å². The summed E-state index contributed by atoms with van der Waals surface area (Å²) in [5.74, 6) is 0.576. The number of hydrogen-bond acceptors (Lipinski definition) is 6. The molecule has 0 aliphatic heterocycles. The fourth-order valence-electron chi connectivity index (χ4n) is 3.05. The normalized spacial score (nSPS) is 17.1. The molecule has 0 spiro atoms. The van der Waals surface area contributed by atoms with E-state index in [2.05, 4.69) is 20.9 Å². The van der Waals surface area contributed by atoms with Crippen LogP contribution in [0.25, 0.3) is 0 Å². The van der Waals surface area contributed by atoms with Crippen molar-refractivity contribution < 1.29 is 18.9 Å². The molecule has 0 atom stereocenters. The van der Waals surface area contributed by atoms with Crippen LogP contribution < -0.4 is 10.8 Å². The minimum absolute atomic E-state index is 0.0978. The van der Waals surface area contributed by atoms with Gasteiger partial charge in [-0.05, 0) is 19.8 Å². The van der Waals surface area contributed by atoms with Crippen molar-refractivity contribution in [3.8, 4) is 0 Å². The Kier molecular flexibility index (Phi) is 6.72. The number of nitrogens with one attached hydrogen (secondary N) is 2. The van der Waals surface area contributed by atoms with Crippen LogP contribution in [0.2, 0.25) is 0 Å². The summed E-state index contributed by atoms with van der Waals surface area (Å²) in [6.45, 7) is 3.71. The van der Waals surface area contributed by atoms with E-state index in [4.69, 9.17) is 9.36 Å². The van der Waals surface area contributed by atoms with Crippen molar-refractivity contribution >= 4 is 11.8 Å². The van der Waals surface area contributed by atoms with Gasteiger partial charge in [-0.15, -0.1) is 0 Å². The molecule has 1 heterocycles. The third-order valence-electron chi connectivity index (χ3n) is 4.16. The molecule has 1 saturated carbocycles. The molecule has 8 nitrogen and oxygen atoms in total. The lowest BCUT2D eigenvalue weighted by molar-refractivity contribution is -0.133. The summed E-state index contributed by atoms with van der Waals surface area (Å²) in [6, 6.07) is 0. The number of carbonyl (C=O) groups excluding carboxylic acids is 2. The SMILES string of the molecule is CCONC(=O)CCc1nc(C2(NC(C)=O)CCCCCC2)no1. The molecule has 2 rings (SSSR count). The molecule has 0 unspecified atom stereocenters. The lowest BCUT2D eigenvalue weighted by atomic mass is 9.89. The Hall–Kier alpha value is -1.96. The number of hydroxylamine groups is 1. The minimum Gasteiger partial charge on any atom is -0.343 e. The third kappa shape index (κ3) is 5.02. The van der Waals surface area contributed by atoms with Crippen LogP contribution in [0.15, 0.2) is 4.52 Å². The average Bonchev–Trinajstić information content (AvgIpc) is 2.91. The second-order valence-corrected chi connectivity index (χ2v) is 6.15. The first-order valence-electron chi connectivity index (χ1n) is 8.58. The van der Waals surface area contributed by atoms with Gasteiger partial charge in [-0.1, -0.05) is 30.8 Å². The Bertz CT molecular complexity index is 550. The molecule has 0 aromatic carbocycles. The molecule has 1 aliphatic carbocycles. The van der Waals surface area contributed by atoms with Gasteiger partial charge in [0, 0.05) is 19.8 Å². The number of hydrogen-bond donors (Lipinski definition) is 2. The fourth-order valence-corrected chi connectivity index (χ4v) is 3.05. The molecule has 1 fully saturated rings. The van der Waals surface area contributed by atoms with Gasteiger partial charge >= 0.3 is 0 Å². The number of amides is 2. The fraction of sp³-hybridized carbons (Fsp3) is 0.750.